The molecule has 1 N–H and O–H groups in total. The highest BCUT2D eigenvalue weighted by atomic mass is 32.1. The van der Waals surface area contributed by atoms with Gasteiger partial charge in [-0.2, -0.15) is 11.3 Å². The van der Waals surface area contributed by atoms with E-state index < -0.39 is 11.5 Å². The summed E-state index contributed by atoms with van der Waals surface area (Å²) in [5.41, 5.74) is 1.11. The predicted octanol–water partition coefficient (Wildman–Crippen LogP) is 2.57. The van der Waals surface area contributed by atoms with Crippen molar-refractivity contribution >= 4 is 28.2 Å². The van der Waals surface area contributed by atoms with E-state index in [2.05, 4.69) is 39.0 Å². The Bertz CT molecular complexity index is 1010. The zero-order chi connectivity index (χ0) is 19.5. The van der Waals surface area contributed by atoms with Crippen molar-refractivity contribution in [3.8, 4) is 0 Å². The van der Waals surface area contributed by atoms with Gasteiger partial charge in [-0.05, 0) is 41.6 Å². The van der Waals surface area contributed by atoms with Gasteiger partial charge in [0.1, 0.15) is 11.1 Å². The van der Waals surface area contributed by atoms with Crippen LogP contribution in [0.1, 0.15) is 22.0 Å². The minimum absolute atomic E-state index is 0.0427. The number of para-hydroxylation sites is 1. The van der Waals surface area contributed by atoms with Crippen LogP contribution in [0.2, 0.25) is 0 Å². The number of rotatable bonds is 5. The second-order valence-electron chi connectivity index (χ2n) is 7.11. The van der Waals surface area contributed by atoms with Crippen LogP contribution in [0, 0.1) is 0 Å². The predicted molar refractivity (Wildman–Crippen MR) is 111 cm³/mol. The van der Waals surface area contributed by atoms with Crippen molar-refractivity contribution in [1.29, 1.82) is 0 Å². The average Bonchev–Trinajstić information content (AvgIpc) is 3.23. The number of nitrogens with one attached hydrogen (secondary N) is 1. The summed E-state index contributed by atoms with van der Waals surface area (Å²) in [6, 6.07) is 11.0. The molecular formula is C21H23N3O3S. The first-order chi connectivity index (χ1) is 13.6. The molecule has 1 amide bonds. The van der Waals surface area contributed by atoms with Gasteiger partial charge in [0, 0.05) is 38.1 Å². The molecule has 1 fully saturated rings. The molecular weight excluding hydrogens is 374 g/mol. The van der Waals surface area contributed by atoms with Crippen LogP contribution in [-0.2, 0) is 0 Å². The molecule has 1 unspecified atom stereocenters. The number of likely N-dealkylation sites (N-methyl/N-ethyl adjacent to an activating group) is 1. The number of fused-ring (bicyclic) bond motifs is 1. The maximum Gasteiger partial charge on any atom is 0.349 e. The van der Waals surface area contributed by atoms with E-state index in [0.717, 1.165) is 31.6 Å². The van der Waals surface area contributed by atoms with Gasteiger partial charge in [-0.15, -0.1) is 0 Å². The highest BCUT2D eigenvalue weighted by Gasteiger charge is 2.25. The number of carbonyl (C=O) groups is 1. The first-order valence-electron chi connectivity index (χ1n) is 9.37. The quantitative estimate of drug-likeness (QED) is 0.671. The molecule has 1 saturated heterocycles. The summed E-state index contributed by atoms with van der Waals surface area (Å²) in [6.45, 7) is 4.35. The molecule has 1 aromatic carbocycles. The number of amides is 1. The van der Waals surface area contributed by atoms with Gasteiger partial charge in [-0.3, -0.25) is 9.69 Å². The van der Waals surface area contributed by atoms with E-state index in [1.165, 1.54) is 5.56 Å². The van der Waals surface area contributed by atoms with Gasteiger partial charge >= 0.3 is 5.63 Å². The number of nitrogens with zero attached hydrogens (tertiary/aromatic N) is 2. The molecule has 1 aliphatic rings. The SMILES string of the molecule is CN1CCN(C(CNC(=O)c2cc3ccccc3oc2=O)c2ccsc2)CC1. The van der Waals surface area contributed by atoms with Crippen molar-refractivity contribution in [2.75, 3.05) is 39.8 Å². The van der Waals surface area contributed by atoms with E-state index in [4.69, 9.17) is 4.42 Å². The van der Waals surface area contributed by atoms with Crippen molar-refractivity contribution in [1.82, 2.24) is 15.1 Å². The Morgan fingerprint density at radius 1 is 1.21 bits per heavy atom. The van der Waals surface area contributed by atoms with Crippen molar-refractivity contribution in [3.63, 3.8) is 0 Å². The minimum Gasteiger partial charge on any atom is -0.422 e. The lowest BCUT2D eigenvalue weighted by molar-refractivity contribution is 0.0884. The first kappa shape index (κ1) is 18.9. The standard InChI is InChI=1S/C21H23N3O3S/c1-23-7-9-24(10-8-23)18(16-6-11-28-14-16)13-22-20(25)17-12-15-4-2-3-5-19(15)27-21(17)26/h2-6,11-12,14,18H,7-10,13H2,1H3,(H,22,25). The molecule has 146 valence electrons. The molecule has 1 atom stereocenters. The summed E-state index contributed by atoms with van der Waals surface area (Å²) in [5.74, 6) is -0.395. The molecule has 7 heteroatoms. The molecule has 28 heavy (non-hydrogen) atoms. The maximum atomic E-state index is 12.7. The fraction of sp³-hybridized carbons (Fsp3) is 0.333. The summed E-state index contributed by atoms with van der Waals surface area (Å²) in [4.78, 5) is 29.7. The van der Waals surface area contributed by atoms with Crippen LogP contribution in [-0.4, -0.2) is 55.5 Å². The molecule has 3 aromatic rings. The lowest BCUT2D eigenvalue weighted by Gasteiger charge is -2.37. The normalized spacial score (nSPS) is 16.9. The third-order valence-electron chi connectivity index (χ3n) is 5.25. The van der Waals surface area contributed by atoms with Crippen LogP contribution < -0.4 is 10.9 Å². The van der Waals surface area contributed by atoms with Gasteiger partial charge in [-0.25, -0.2) is 4.79 Å². The van der Waals surface area contributed by atoms with Crippen LogP contribution in [0.5, 0.6) is 0 Å². The van der Waals surface area contributed by atoms with Gasteiger partial charge in [0.2, 0.25) is 0 Å². The number of hydrogen-bond acceptors (Lipinski definition) is 6. The molecule has 0 bridgehead atoms. The monoisotopic (exact) mass is 397 g/mol. The molecule has 0 saturated carbocycles. The van der Waals surface area contributed by atoms with Crippen LogP contribution >= 0.6 is 11.3 Å². The van der Waals surface area contributed by atoms with E-state index in [-0.39, 0.29) is 11.6 Å². The van der Waals surface area contributed by atoms with Crippen molar-refractivity contribution in [3.05, 3.63) is 68.7 Å². The molecule has 0 spiro atoms. The van der Waals surface area contributed by atoms with Gasteiger partial charge < -0.3 is 14.6 Å². The summed E-state index contributed by atoms with van der Waals surface area (Å²) >= 11 is 1.65. The Kier molecular flexibility index (Phi) is 5.57. The fourth-order valence-corrected chi connectivity index (χ4v) is 4.27. The zero-order valence-corrected chi connectivity index (χ0v) is 16.6. The highest BCUT2D eigenvalue weighted by Crippen LogP contribution is 2.24. The topological polar surface area (TPSA) is 65.8 Å². The Balaban J connectivity index is 1.51. The smallest absolute Gasteiger partial charge is 0.349 e. The number of benzene rings is 1. The molecule has 0 radical (unpaired) electrons. The number of hydrogen-bond donors (Lipinski definition) is 1. The highest BCUT2D eigenvalue weighted by molar-refractivity contribution is 7.07. The van der Waals surface area contributed by atoms with Gasteiger partial charge in [0.25, 0.3) is 5.91 Å². The second-order valence-corrected chi connectivity index (χ2v) is 7.89. The first-order valence-corrected chi connectivity index (χ1v) is 10.3. The van der Waals surface area contributed by atoms with E-state index >= 15 is 0 Å². The number of piperazine rings is 1. The average molecular weight is 398 g/mol. The maximum absolute atomic E-state index is 12.7. The largest absolute Gasteiger partial charge is 0.422 e. The molecule has 2 aromatic heterocycles. The van der Waals surface area contributed by atoms with Crippen LogP contribution in [0.25, 0.3) is 11.0 Å². The molecule has 6 nitrogen and oxygen atoms in total. The van der Waals surface area contributed by atoms with E-state index in [1.54, 1.807) is 29.5 Å². The second kappa shape index (κ2) is 8.26. The van der Waals surface area contributed by atoms with Crippen molar-refractivity contribution in [2.45, 2.75) is 6.04 Å². The number of carbonyl (C=O) groups excluding carboxylic acids is 1. The lowest BCUT2D eigenvalue weighted by atomic mass is 10.1. The summed E-state index contributed by atoms with van der Waals surface area (Å²) in [7, 11) is 2.12. The Labute approximate surface area is 167 Å². The number of thiophene rings is 1. The van der Waals surface area contributed by atoms with Gasteiger partial charge in [0.05, 0.1) is 6.04 Å². The molecule has 1 aliphatic heterocycles. The van der Waals surface area contributed by atoms with Crippen LogP contribution in [0.15, 0.2) is 56.4 Å². The third kappa shape index (κ3) is 4.01. The van der Waals surface area contributed by atoms with Gasteiger partial charge in [-0.1, -0.05) is 18.2 Å². The van der Waals surface area contributed by atoms with Crippen LogP contribution in [0.3, 0.4) is 0 Å². The van der Waals surface area contributed by atoms with Gasteiger partial charge in [0.15, 0.2) is 0 Å². The minimum atomic E-state index is -0.608. The Morgan fingerprint density at radius 3 is 2.75 bits per heavy atom. The van der Waals surface area contributed by atoms with E-state index in [1.807, 2.05) is 12.1 Å². The molecule has 3 heterocycles. The van der Waals surface area contributed by atoms with Crippen LogP contribution in [0.4, 0.5) is 0 Å². The zero-order valence-electron chi connectivity index (χ0n) is 15.8. The van der Waals surface area contributed by atoms with E-state index in [9.17, 15) is 9.59 Å². The molecule has 4 rings (SSSR count). The third-order valence-corrected chi connectivity index (χ3v) is 5.95. The van der Waals surface area contributed by atoms with E-state index in [0.29, 0.717) is 12.1 Å². The lowest BCUT2D eigenvalue weighted by Crippen LogP contribution is -2.48. The Hall–Kier alpha value is -2.48. The molecule has 0 aliphatic carbocycles. The van der Waals surface area contributed by atoms with Crippen molar-refractivity contribution in [2.24, 2.45) is 0 Å². The summed E-state index contributed by atoms with van der Waals surface area (Å²) < 4.78 is 5.29. The fourth-order valence-electron chi connectivity index (χ4n) is 3.56. The Morgan fingerprint density at radius 2 is 2.00 bits per heavy atom. The summed E-state index contributed by atoms with van der Waals surface area (Å²) in [6.07, 6.45) is 0. The summed E-state index contributed by atoms with van der Waals surface area (Å²) in [5, 5.41) is 7.87. The van der Waals surface area contributed by atoms with Crippen molar-refractivity contribution < 1.29 is 9.21 Å².